The first-order valence-corrected chi connectivity index (χ1v) is 10.9. The molecule has 0 aliphatic carbocycles. The van der Waals surface area contributed by atoms with Gasteiger partial charge in [-0.3, -0.25) is 0 Å². The molecule has 2 N–H and O–H groups in total. The van der Waals surface area contributed by atoms with E-state index in [0.29, 0.717) is 0 Å². The van der Waals surface area contributed by atoms with Crippen LogP contribution in [0, 0.1) is 6.92 Å². The van der Waals surface area contributed by atoms with E-state index in [2.05, 4.69) is 4.74 Å². The Morgan fingerprint density at radius 1 is 0.750 bits per heavy atom. The molecule has 0 radical (unpaired) electrons. The zero-order valence-electron chi connectivity index (χ0n) is 19.9. The van der Waals surface area contributed by atoms with Gasteiger partial charge in [-0.1, -0.05) is 25.1 Å². The molecule has 3 aromatic carbocycles. The van der Waals surface area contributed by atoms with Crippen LogP contribution in [-0.2, 0) is 22.5 Å². The van der Waals surface area contributed by atoms with Crippen molar-refractivity contribution in [3.63, 3.8) is 0 Å². The van der Waals surface area contributed by atoms with Gasteiger partial charge in [0, 0.05) is 0 Å². The summed E-state index contributed by atoms with van der Waals surface area (Å²) in [6.45, 7) is 3.99. The van der Waals surface area contributed by atoms with Gasteiger partial charge in [0.05, 0.1) is 29.4 Å². The number of carboxylic acids is 2. The van der Waals surface area contributed by atoms with Crippen molar-refractivity contribution >= 4 is 23.9 Å². The van der Waals surface area contributed by atoms with Gasteiger partial charge in [-0.25, -0.2) is 19.2 Å². The fraction of sp³-hybridized carbons (Fsp3) is 0.185. The molecule has 0 aliphatic rings. The molecule has 0 amide bonds. The number of esters is 2. The highest BCUT2D eigenvalue weighted by molar-refractivity contribution is 6.03. The van der Waals surface area contributed by atoms with E-state index in [4.69, 9.17) is 9.47 Å². The van der Waals surface area contributed by atoms with Crippen LogP contribution in [-0.4, -0.2) is 41.2 Å². The molecule has 0 heterocycles. The summed E-state index contributed by atoms with van der Waals surface area (Å²) in [5, 5.41) is 18.9. The van der Waals surface area contributed by atoms with E-state index in [-0.39, 0.29) is 40.4 Å². The van der Waals surface area contributed by atoms with Gasteiger partial charge in [-0.15, -0.1) is 0 Å². The summed E-state index contributed by atoms with van der Waals surface area (Å²) in [4.78, 5) is 47.8. The quantitative estimate of drug-likeness (QED) is 0.400. The smallest absolute Gasteiger partial charge is 0.339 e. The Morgan fingerprint density at radius 2 is 1.36 bits per heavy atom. The number of aromatic carboxylic acids is 2. The molecule has 0 saturated carbocycles. The number of aryl methyl sites for hydroxylation is 2. The van der Waals surface area contributed by atoms with Crippen molar-refractivity contribution in [3.8, 4) is 11.5 Å². The number of rotatable bonds is 9. The summed E-state index contributed by atoms with van der Waals surface area (Å²) in [6.07, 6.45) is 0.885. The minimum atomic E-state index is -1.37. The molecule has 0 saturated heterocycles. The standard InChI is InChI=1S/C27H24O9/c1-4-17-6-5-16(11-15(17)2)14-35-27(33)21-10-8-18(12-22(21)25(30)31)36-19-7-9-20(24(28)29)23(13-19)26(32)34-3/h5-13H,4,14H2,1-3H3,(H,28,29)(H,30,31). The molecular formula is C27H24O9. The number of carbonyl (C=O) groups excluding carboxylic acids is 2. The maximum absolute atomic E-state index is 12.6. The topological polar surface area (TPSA) is 136 Å². The van der Waals surface area contributed by atoms with Crippen LogP contribution in [0.15, 0.2) is 54.6 Å². The van der Waals surface area contributed by atoms with E-state index in [0.717, 1.165) is 30.7 Å². The Morgan fingerprint density at radius 3 is 1.92 bits per heavy atom. The zero-order chi connectivity index (χ0) is 26.4. The predicted molar refractivity (Wildman–Crippen MR) is 128 cm³/mol. The normalized spacial score (nSPS) is 10.4. The van der Waals surface area contributed by atoms with Crippen molar-refractivity contribution < 1.29 is 43.6 Å². The maximum atomic E-state index is 12.6. The number of methoxy groups -OCH3 is 1. The Bertz CT molecular complexity index is 1340. The molecule has 3 aromatic rings. The number of benzene rings is 3. The molecule has 186 valence electrons. The number of carbonyl (C=O) groups is 4. The molecule has 0 atom stereocenters. The van der Waals surface area contributed by atoms with Crippen LogP contribution in [0.2, 0.25) is 0 Å². The van der Waals surface area contributed by atoms with Crippen LogP contribution in [0.4, 0.5) is 0 Å². The predicted octanol–water partition coefficient (Wildman–Crippen LogP) is 4.89. The number of hydrogen-bond donors (Lipinski definition) is 2. The number of ether oxygens (including phenoxy) is 3. The van der Waals surface area contributed by atoms with Gasteiger partial charge in [0.2, 0.25) is 0 Å². The summed E-state index contributed by atoms with van der Waals surface area (Å²) in [7, 11) is 1.11. The van der Waals surface area contributed by atoms with Gasteiger partial charge in [0.1, 0.15) is 18.1 Å². The molecular weight excluding hydrogens is 468 g/mol. The summed E-state index contributed by atoms with van der Waals surface area (Å²) in [5.74, 6) is -4.26. The lowest BCUT2D eigenvalue weighted by Crippen LogP contribution is -2.12. The molecule has 0 spiro atoms. The van der Waals surface area contributed by atoms with Crippen LogP contribution in [0.1, 0.15) is 65.0 Å². The fourth-order valence-corrected chi connectivity index (χ4v) is 3.60. The molecule has 0 aliphatic heterocycles. The van der Waals surface area contributed by atoms with Crippen LogP contribution in [0.25, 0.3) is 0 Å². The van der Waals surface area contributed by atoms with E-state index < -0.39 is 23.9 Å². The number of hydrogen-bond acceptors (Lipinski definition) is 7. The summed E-state index contributed by atoms with van der Waals surface area (Å²) in [6, 6.07) is 13.2. The zero-order valence-corrected chi connectivity index (χ0v) is 19.9. The Hall–Kier alpha value is -4.66. The van der Waals surface area contributed by atoms with Crippen LogP contribution < -0.4 is 4.74 Å². The van der Waals surface area contributed by atoms with E-state index in [9.17, 15) is 29.4 Å². The molecule has 0 aromatic heterocycles. The Kier molecular flexibility index (Phi) is 8.06. The van der Waals surface area contributed by atoms with Crippen LogP contribution >= 0.6 is 0 Å². The van der Waals surface area contributed by atoms with Crippen molar-refractivity contribution in [2.24, 2.45) is 0 Å². The lowest BCUT2D eigenvalue weighted by Gasteiger charge is -2.12. The second-order valence-electron chi connectivity index (χ2n) is 7.81. The van der Waals surface area contributed by atoms with Crippen LogP contribution in [0.3, 0.4) is 0 Å². The minimum absolute atomic E-state index is 0.0206. The van der Waals surface area contributed by atoms with Crippen molar-refractivity contribution in [2.45, 2.75) is 26.9 Å². The van der Waals surface area contributed by atoms with Gasteiger partial charge in [0.25, 0.3) is 0 Å². The van der Waals surface area contributed by atoms with Gasteiger partial charge in [0.15, 0.2) is 0 Å². The summed E-state index contributed by atoms with van der Waals surface area (Å²) < 4.78 is 15.6. The lowest BCUT2D eigenvalue weighted by molar-refractivity contribution is 0.0463. The molecule has 3 rings (SSSR count). The second-order valence-corrected chi connectivity index (χ2v) is 7.81. The van der Waals surface area contributed by atoms with Crippen molar-refractivity contribution in [2.75, 3.05) is 7.11 Å². The largest absolute Gasteiger partial charge is 0.478 e. The Balaban J connectivity index is 1.82. The Labute approximate surface area is 206 Å². The average molecular weight is 492 g/mol. The molecule has 36 heavy (non-hydrogen) atoms. The third-order valence-electron chi connectivity index (χ3n) is 5.46. The van der Waals surface area contributed by atoms with Crippen LogP contribution in [0.5, 0.6) is 11.5 Å². The van der Waals surface area contributed by atoms with Gasteiger partial charge in [-0.2, -0.15) is 0 Å². The van der Waals surface area contributed by atoms with Gasteiger partial charge in [-0.05, 0) is 66.4 Å². The molecule has 9 nitrogen and oxygen atoms in total. The summed E-state index contributed by atoms with van der Waals surface area (Å²) >= 11 is 0. The summed E-state index contributed by atoms with van der Waals surface area (Å²) in [5.41, 5.74) is 2.02. The molecule has 0 fully saturated rings. The van der Waals surface area contributed by atoms with Crippen molar-refractivity contribution in [3.05, 3.63) is 93.5 Å². The minimum Gasteiger partial charge on any atom is -0.478 e. The van der Waals surface area contributed by atoms with E-state index in [1.165, 1.54) is 35.9 Å². The second kappa shape index (κ2) is 11.2. The highest BCUT2D eigenvalue weighted by Gasteiger charge is 2.21. The molecule has 0 unspecified atom stereocenters. The highest BCUT2D eigenvalue weighted by atomic mass is 16.5. The number of carboxylic acid groups (broad SMARTS) is 2. The average Bonchev–Trinajstić information content (AvgIpc) is 2.86. The first kappa shape index (κ1) is 26.0. The van der Waals surface area contributed by atoms with E-state index in [1.54, 1.807) is 0 Å². The van der Waals surface area contributed by atoms with E-state index >= 15 is 0 Å². The third-order valence-corrected chi connectivity index (χ3v) is 5.46. The van der Waals surface area contributed by atoms with Gasteiger partial charge >= 0.3 is 23.9 Å². The first-order chi connectivity index (χ1) is 17.1. The SMILES string of the molecule is CCc1ccc(COC(=O)c2ccc(Oc3ccc(C(=O)O)c(C(=O)OC)c3)cc2C(=O)O)cc1C. The maximum Gasteiger partial charge on any atom is 0.339 e. The van der Waals surface area contributed by atoms with E-state index in [1.807, 2.05) is 32.0 Å². The van der Waals surface area contributed by atoms with Crippen molar-refractivity contribution in [1.29, 1.82) is 0 Å². The monoisotopic (exact) mass is 492 g/mol. The van der Waals surface area contributed by atoms with Crippen molar-refractivity contribution in [1.82, 2.24) is 0 Å². The van der Waals surface area contributed by atoms with Gasteiger partial charge < -0.3 is 24.4 Å². The first-order valence-electron chi connectivity index (χ1n) is 10.9. The fourth-order valence-electron chi connectivity index (χ4n) is 3.60. The lowest BCUT2D eigenvalue weighted by atomic mass is 10.0. The molecule has 9 heteroatoms. The molecule has 0 bridgehead atoms. The highest BCUT2D eigenvalue weighted by Crippen LogP contribution is 2.27. The third kappa shape index (κ3) is 5.87.